The summed E-state index contributed by atoms with van der Waals surface area (Å²) >= 11 is 3.38. The molecule has 4 rings (SSSR count). The Morgan fingerprint density at radius 1 is 1.07 bits per heavy atom. The summed E-state index contributed by atoms with van der Waals surface area (Å²) in [5.74, 6) is 0.103. The van der Waals surface area contributed by atoms with Gasteiger partial charge in [-0.05, 0) is 60.5 Å². The number of anilines is 1. The van der Waals surface area contributed by atoms with Gasteiger partial charge < -0.3 is 11.1 Å². The molecule has 0 aliphatic carbocycles. The van der Waals surface area contributed by atoms with Crippen molar-refractivity contribution in [2.45, 2.75) is 17.0 Å². The van der Waals surface area contributed by atoms with Crippen LogP contribution >= 0.6 is 23.1 Å². The molecule has 3 aromatic carbocycles. The van der Waals surface area contributed by atoms with Crippen LogP contribution < -0.4 is 11.1 Å². The molecule has 0 saturated carbocycles. The number of thioether (sulfide) groups is 1. The summed E-state index contributed by atoms with van der Waals surface area (Å²) in [5.41, 5.74) is 9.83. The van der Waals surface area contributed by atoms with Gasteiger partial charge in [0.05, 0.1) is 10.2 Å². The molecule has 0 saturated heterocycles. The minimum Gasteiger partial charge on any atom is -0.366 e. The second-order valence-electron chi connectivity index (χ2n) is 6.78. The maximum absolute atomic E-state index is 12.5. The SMILES string of the molecule is Cc1cc(NC(=O)c2ccc(CSc3nc4ccccc4s3)cc2)ccc1C(N)=O. The molecule has 0 aliphatic rings. The van der Waals surface area contributed by atoms with E-state index in [2.05, 4.69) is 16.4 Å². The van der Waals surface area contributed by atoms with E-state index in [1.165, 1.54) is 4.70 Å². The smallest absolute Gasteiger partial charge is 0.255 e. The van der Waals surface area contributed by atoms with Crippen molar-refractivity contribution in [3.05, 3.63) is 89.0 Å². The molecule has 1 heterocycles. The van der Waals surface area contributed by atoms with Crippen LogP contribution in [0.3, 0.4) is 0 Å². The van der Waals surface area contributed by atoms with E-state index >= 15 is 0 Å². The van der Waals surface area contributed by atoms with Crippen molar-refractivity contribution in [1.82, 2.24) is 4.98 Å². The standard InChI is InChI=1S/C23H19N3O2S2/c1-14-12-17(10-11-18(14)21(24)27)25-22(28)16-8-6-15(7-9-16)13-29-23-26-19-4-2-3-5-20(19)30-23/h2-12H,13H2,1H3,(H2,24,27)(H,25,28). The number of nitrogens with two attached hydrogens (primary N) is 1. The van der Waals surface area contributed by atoms with Crippen LogP contribution in [-0.4, -0.2) is 16.8 Å². The first-order chi connectivity index (χ1) is 14.5. The molecule has 150 valence electrons. The number of benzene rings is 3. The molecule has 1 aromatic heterocycles. The first kappa shape index (κ1) is 20.1. The van der Waals surface area contributed by atoms with E-state index in [0.717, 1.165) is 26.7 Å². The molecule has 0 atom stereocenters. The summed E-state index contributed by atoms with van der Waals surface area (Å²) in [6.07, 6.45) is 0. The van der Waals surface area contributed by atoms with Crippen molar-refractivity contribution in [3.8, 4) is 0 Å². The molecule has 0 spiro atoms. The number of hydrogen-bond donors (Lipinski definition) is 2. The predicted octanol–water partition coefficient (Wildman–Crippen LogP) is 5.25. The van der Waals surface area contributed by atoms with E-state index in [1.54, 1.807) is 48.2 Å². The van der Waals surface area contributed by atoms with Crippen LogP contribution in [0.1, 0.15) is 31.8 Å². The lowest BCUT2D eigenvalue weighted by Gasteiger charge is -2.09. The van der Waals surface area contributed by atoms with Crippen LogP contribution in [0.5, 0.6) is 0 Å². The van der Waals surface area contributed by atoms with Crippen molar-refractivity contribution in [3.63, 3.8) is 0 Å². The lowest BCUT2D eigenvalue weighted by molar-refractivity contribution is 0.0997. The number of aromatic nitrogens is 1. The van der Waals surface area contributed by atoms with Gasteiger partial charge in [0, 0.05) is 22.6 Å². The molecular weight excluding hydrogens is 414 g/mol. The van der Waals surface area contributed by atoms with E-state index in [1.807, 2.05) is 42.5 Å². The van der Waals surface area contributed by atoms with Gasteiger partial charge in [0.2, 0.25) is 5.91 Å². The molecule has 0 unspecified atom stereocenters. The monoisotopic (exact) mass is 433 g/mol. The second kappa shape index (κ2) is 8.69. The minimum atomic E-state index is -0.482. The van der Waals surface area contributed by atoms with E-state index in [4.69, 9.17) is 5.73 Å². The van der Waals surface area contributed by atoms with Crippen molar-refractivity contribution < 1.29 is 9.59 Å². The highest BCUT2D eigenvalue weighted by molar-refractivity contribution is 8.00. The van der Waals surface area contributed by atoms with Crippen LogP contribution in [0.2, 0.25) is 0 Å². The normalized spacial score (nSPS) is 10.8. The number of amides is 2. The Morgan fingerprint density at radius 3 is 2.53 bits per heavy atom. The van der Waals surface area contributed by atoms with E-state index < -0.39 is 5.91 Å². The fraction of sp³-hybridized carbons (Fsp3) is 0.0870. The summed E-state index contributed by atoms with van der Waals surface area (Å²) in [6, 6.07) is 20.7. The largest absolute Gasteiger partial charge is 0.366 e. The molecule has 0 fully saturated rings. The Hall–Kier alpha value is -3.16. The molecule has 0 aliphatic heterocycles. The first-order valence-electron chi connectivity index (χ1n) is 9.29. The number of primary amides is 1. The quantitative estimate of drug-likeness (QED) is 0.407. The zero-order chi connectivity index (χ0) is 21.1. The van der Waals surface area contributed by atoms with Gasteiger partial charge in [0.15, 0.2) is 4.34 Å². The molecule has 5 nitrogen and oxygen atoms in total. The van der Waals surface area contributed by atoms with Crippen LogP contribution in [0.25, 0.3) is 10.2 Å². The van der Waals surface area contributed by atoms with Gasteiger partial charge in [-0.25, -0.2) is 4.98 Å². The Bertz CT molecular complexity index is 1200. The summed E-state index contributed by atoms with van der Waals surface area (Å²) in [4.78, 5) is 28.5. The summed E-state index contributed by atoms with van der Waals surface area (Å²) < 4.78 is 2.22. The molecular formula is C23H19N3O2S2. The Morgan fingerprint density at radius 2 is 1.83 bits per heavy atom. The van der Waals surface area contributed by atoms with Crippen LogP contribution in [0, 0.1) is 6.92 Å². The number of nitrogens with one attached hydrogen (secondary N) is 1. The average molecular weight is 434 g/mol. The highest BCUT2D eigenvalue weighted by Gasteiger charge is 2.10. The number of para-hydroxylation sites is 1. The van der Waals surface area contributed by atoms with E-state index in [-0.39, 0.29) is 5.91 Å². The summed E-state index contributed by atoms with van der Waals surface area (Å²) in [6.45, 7) is 1.79. The average Bonchev–Trinajstić information content (AvgIpc) is 3.15. The Balaban J connectivity index is 1.38. The number of carbonyl (C=O) groups excluding carboxylic acids is 2. The van der Waals surface area contributed by atoms with Gasteiger partial charge in [0.25, 0.3) is 5.91 Å². The fourth-order valence-electron chi connectivity index (χ4n) is 3.03. The van der Waals surface area contributed by atoms with Crippen molar-refractivity contribution in [2.24, 2.45) is 5.73 Å². The predicted molar refractivity (Wildman–Crippen MR) is 123 cm³/mol. The Kier molecular flexibility index (Phi) is 5.83. The number of carbonyl (C=O) groups is 2. The van der Waals surface area contributed by atoms with E-state index in [0.29, 0.717) is 16.8 Å². The van der Waals surface area contributed by atoms with Gasteiger partial charge in [-0.15, -0.1) is 11.3 Å². The number of aryl methyl sites for hydroxylation is 1. The summed E-state index contributed by atoms with van der Waals surface area (Å²) in [7, 11) is 0. The van der Waals surface area contributed by atoms with Gasteiger partial charge in [-0.3, -0.25) is 9.59 Å². The number of rotatable bonds is 6. The lowest BCUT2D eigenvalue weighted by Crippen LogP contribution is -2.14. The zero-order valence-corrected chi connectivity index (χ0v) is 17.8. The number of hydrogen-bond acceptors (Lipinski definition) is 5. The van der Waals surface area contributed by atoms with Crippen molar-refractivity contribution in [2.75, 3.05) is 5.32 Å². The van der Waals surface area contributed by atoms with Gasteiger partial charge in [-0.1, -0.05) is 36.0 Å². The highest BCUT2D eigenvalue weighted by atomic mass is 32.2. The van der Waals surface area contributed by atoms with Crippen LogP contribution in [0.4, 0.5) is 5.69 Å². The van der Waals surface area contributed by atoms with Crippen molar-refractivity contribution in [1.29, 1.82) is 0 Å². The molecule has 2 amide bonds. The molecule has 0 radical (unpaired) electrons. The summed E-state index contributed by atoms with van der Waals surface area (Å²) in [5, 5.41) is 2.85. The van der Waals surface area contributed by atoms with Crippen LogP contribution in [0.15, 0.2) is 71.1 Å². The first-order valence-corrected chi connectivity index (χ1v) is 11.1. The fourth-order valence-corrected chi connectivity index (χ4v) is 5.06. The third kappa shape index (κ3) is 4.53. The topological polar surface area (TPSA) is 85.1 Å². The minimum absolute atomic E-state index is 0.202. The van der Waals surface area contributed by atoms with Crippen LogP contribution in [-0.2, 0) is 5.75 Å². The zero-order valence-electron chi connectivity index (χ0n) is 16.2. The maximum Gasteiger partial charge on any atom is 0.255 e. The van der Waals surface area contributed by atoms with Gasteiger partial charge in [-0.2, -0.15) is 0 Å². The number of fused-ring (bicyclic) bond motifs is 1. The third-order valence-corrected chi connectivity index (χ3v) is 6.85. The molecule has 0 bridgehead atoms. The van der Waals surface area contributed by atoms with E-state index in [9.17, 15) is 9.59 Å². The molecule has 7 heteroatoms. The van der Waals surface area contributed by atoms with Crippen molar-refractivity contribution >= 4 is 50.8 Å². The highest BCUT2D eigenvalue weighted by Crippen LogP contribution is 2.31. The van der Waals surface area contributed by atoms with Gasteiger partial charge in [0.1, 0.15) is 0 Å². The second-order valence-corrected chi connectivity index (χ2v) is 9.03. The molecule has 3 N–H and O–H groups in total. The molecule has 30 heavy (non-hydrogen) atoms. The Labute approximate surface area is 182 Å². The van der Waals surface area contributed by atoms with Gasteiger partial charge >= 0.3 is 0 Å². The molecule has 4 aromatic rings. The lowest BCUT2D eigenvalue weighted by atomic mass is 10.1. The number of nitrogens with zero attached hydrogens (tertiary/aromatic N) is 1. The third-order valence-electron chi connectivity index (χ3n) is 4.60. The number of thiazole rings is 1. The maximum atomic E-state index is 12.5.